The van der Waals surface area contributed by atoms with E-state index in [1.165, 1.54) is 0 Å². The molecule has 4 aliphatic rings. The first-order valence-electron chi connectivity index (χ1n) is 11.5. The van der Waals surface area contributed by atoms with Crippen LogP contribution in [-0.2, 0) is 19.0 Å². The van der Waals surface area contributed by atoms with Crippen molar-refractivity contribution in [3.8, 4) is 5.75 Å². The van der Waals surface area contributed by atoms with Crippen molar-refractivity contribution in [2.24, 2.45) is 0 Å². The Bertz CT molecular complexity index is 815. The molecule has 4 aliphatic heterocycles. The molecule has 0 aromatic heterocycles. The molecule has 176 valence electrons. The van der Waals surface area contributed by atoms with Gasteiger partial charge in [0.05, 0.1) is 37.5 Å². The van der Waals surface area contributed by atoms with Crippen LogP contribution in [0.1, 0.15) is 58.1 Å². The zero-order valence-corrected chi connectivity index (χ0v) is 19.2. The molecule has 1 aromatic rings. The Morgan fingerprint density at radius 1 is 1.12 bits per heavy atom. The van der Waals surface area contributed by atoms with Gasteiger partial charge in [-0.15, -0.1) is 0 Å². The maximum absolute atomic E-state index is 13.2. The number of rotatable bonds is 1. The third-order valence-corrected chi connectivity index (χ3v) is 6.16. The lowest BCUT2D eigenvalue weighted by molar-refractivity contribution is -0.142. The monoisotopic (exact) mass is 446 g/mol. The summed E-state index contributed by atoms with van der Waals surface area (Å²) in [6, 6.07) is 7.20. The number of benzene rings is 1. The maximum atomic E-state index is 13.2. The number of carbonyl (C=O) groups excluding carboxylic acids is 2. The van der Waals surface area contributed by atoms with Crippen LogP contribution in [0.2, 0.25) is 0 Å². The van der Waals surface area contributed by atoms with Crippen LogP contribution in [0, 0.1) is 0 Å². The highest BCUT2D eigenvalue weighted by Crippen LogP contribution is 2.35. The lowest BCUT2D eigenvalue weighted by Crippen LogP contribution is -2.60. The largest absolute Gasteiger partial charge is 0.483 e. The van der Waals surface area contributed by atoms with Crippen LogP contribution in [0.3, 0.4) is 0 Å². The van der Waals surface area contributed by atoms with Gasteiger partial charge in [0.25, 0.3) is 5.91 Å². The van der Waals surface area contributed by atoms with Crippen molar-refractivity contribution in [3.63, 3.8) is 0 Å². The maximum Gasteiger partial charge on any atom is 0.407 e. The summed E-state index contributed by atoms with van der Waals surface area (Å²) in [5, 5.41) is 2.97. The van der Waals surface area contributed by atoms with Crippen LogP contribution in [0.25, 0.3) is 0 Å². The number of alkyl carbamates (subject to hydrolysis) is 1. The minimum atomic E-state index is -0.591. The predicted octanol–water partition coefficient (Wildman–Crippen LogP) is 3.20. The van der Waals surface area contributed by atoms with E-state index in [0.29, 0.717) is 25.5 Å². The lowest BCUT2D eigenvalue weighted by Gasteiger charge is -2.42. The van der Waals surface area contributed by atoms with Crippen LogP contribution < -0.4 is 10.1 Å². The van der Waals surface area contributed by atoms with Crippen molar-refractivity contribution in [1.29, 1.82) is 0 Å². The molecule has 0 aliphatic carbocycles. The van der Waals surface area contributed by atoms with Crippen LogP contribution in [0.15, 0.2) is 24.3 Å². The summed E-state index contributed by atoms with van der Waals surface area (Å²) in [7, 11) is 0. The van der Waals surface area contributed by atoms with Crippen molar-refractivity contribution < 1.29 is 28.5 Å². The normalized spacial score (nSPS) is 28.8. The zero-order valence-electron chi connectivity index (χ0n) is 19.2. The first-order chi connectivity index (χ1) is 15.3. The summed E-state index contributed by atoms with van der Waals surface area (Å²) in [6.07, 6.45) is 2.65. The van der Waals surface area contributed by atoms with Crippen LogP contribution in [-0.4, -0.2) is 67.1 Å². The number of carbonyl (C=O) groups is 2. The van der Waals surface area contributed by atoms with E-state index in [0.717, 1.165) is 31.2 Å². The molecule has 1 N–H and O–H groups in total. The number of hydrogen-bond donors (Lipinski definition) is 1. The minimum Gasteiger partial charge on any atom is -0.483 e. The summed E-state index contributed by atoms with van der Waals surface area (Å²) in [5.74, 6) is 0.568. The molecular formula is C24H34N2O6. The van der Waals surface area contributed by atoms with E-state index >= 15 is 0 Å². The average Bonchev–Trinajstić information content (AvgIpc) is 2.76. The van der Waals surface area contributed by atoms with E-state index in [2.05, 4.69) is 5.32 Å². The first-order valence-corrected chi connectivity index (χ1v) is 11.5. The lowest BCUT2D eigenvalue weighted by atomic mass is 9.96. The SMILES string of the molecule is CC(C)(C)OC(=O)NC1CCCN2C(=O)COc3ccccc3[C@H]3CC[C@H](CO3)OCC12. The zero-order chi connectivity index (χ0) is 22.7. The van der Waals surface area contributed by atoms with Crippen molar-refractivity contribution >= 4 is 12.0 Å². The highest BCUT2D eigenvalue weighted by Gasteiger charge is 2.38. The number of piperidine rings is 1. The second kappa shape index (κ2) is 9.67. The standard InChI is InChI=1S/C24H34N2O6/c1-24(2,3)32-23(28)25-18-8-6-12-26-19(18)14-29-16-10-11-21(30-13-16)17-7-4-5-9-20(17)31-15-22(26)27/h4-5,7,9,16,18-19,21H,6,8,10-15H2,1-3H3,(H,25,28)/t16-,18?,19?,21-/m1/s1. The molecule has 4 heterocycles. The van der Waals surface area contributed by atoms with E-state index in [4.69, 9.17) is 18.9 Å². The molecule has 0 radical (unpaired) electrons. The van der Waals surface area contributed by atoms with Crippen LogP contribution in [0.4, 0.5) is 4.79 Å². The number of ether oxygens (including phenoxy) is 4. The fourth-order valence-corrected chi connectivity index (χ4v) is 4.64. The molecule has 2 unspecified atom stereocenters. The summed E-state index contributed by atoms with van der Waals surface area (Å²) >= 11 is 0. The van der Waals surface area contributed by atoms with E-state index in [-0.39, 0.29) is 36.8 Å². The quantitative estimate of drug-likeness (QED) is 0.713. The Morgan fingerprint density at radius 2 is 1.94 bits per heavy atom. The molecular weight excluding hydrogens is 412 g/mol. The topological polar surface area (TPSA) is 86.3 Å². The number of para-hydroxylation sites is 1. The van der Waals surface area contributed by atoms with Gasteiger partial charge in [-0.3, -0.25) is 4.79 Å². The highest BCUT2D eigenvalue weighted by molar-refractivity contribution is 5.78. The van der Waals surface area contributed by atoms with Crippen molar-refractivity contribution in [2.75, 3.05) is 26.4 Å². The Hall–Kier alpha value is -2.32. The van der Waals surface area contributed by atoms with E-state index in [9.17, 15) is 9.59 Å². The van der Waals surface area contributed by atoms with Gasteiger partial charge in [0.15, 0.2) is 6.61 Å². The second-order valence-electron chi connectivity index (χ2n) is 9.73. The van der Waals surface area contributed by atoms with E-state index in [1.54, 1.807) is 4.90 Å². The highest BCUT2D eigenvalue weighted by atomic mass is 16.6. The van der Waals surface area contributed by atoms with Crippen LogP contribution in [0.5, 0.6) is 5.75 Å². The average molecular weight is 447 g/mol. The molecule has 2 fully saturated rings. The Kier molecular flexibility index (Phi) is 6.90. The van der Waals surface area contributed by atoms with E-state index < -0.39 is 11.7 Å². The third-order valence-electron chi connectivity index (χ3n) is 6.16. The van der Waals surface area contributed by atoms with Gasteiger partial charge in [0, 0.05) is 12.1 Å². The second-order valence-corrected chi connectivity index (χ2v) is 9.73. The molecule has 32 heavy (non-hydrogen) atoms. The van der Waals surface area contributed by atoms with Crippen LogP contribution >= 0.6 is 0 Å². The van der Waals surface area contributed by atoms with Crippen molar-refractivity contribution in [3.05, 3.63) is 29.8 Å². The molecule has 8 heteroatoms. The minimum absolute atomic E-state index is 0.0406. The van der Waals surface area contributed by atoms with Gasteiger partial charge in [-0.1, -0.05) is 18.2 Å². The summed E-state index contributed by atoms with van der Waals surface area (Å²) in [6.45, 7) is 6.85. The van der Waals surface area contributed by atoms with Gasteiger partial charge >= 0.3 is 6.09 Å². The molecule has 2 bridgehead atoms. The number of amides is 2. The Labute approximate surface area is 189 Å². The number of fused-ring (bicyclic) bond motifs is 5. The molecule has 8 nitrogen and oxygen atoms in total. The van der Waals surface area contributed by atoms with Crippen molar-refractivity contribution in [2.45, 2.75) is 76.3 Å². The number of nitrogens with one attached hydrogen (secondary N) is 1. The fourth-order valence-electron chi connectivity index (χ4n) is 4.64. The predicted molar refractivity (Wildman–Crippen MR) is 117 cm³/mol. The van der Waals surface area contributed by atoms with E-state index in [1.807, 2.05) is 45.0 Å². The number of hydrogen-bond acceptors (Lipinski definition) is 6. The third kappa shape index (κ3) is 5.53. The molecule has 4 atom stereocenters. The smallest absolute Gasteiger partial charge is 0.407 e. The summed E-state index contributed by atoms with van der Waals surface area (Å²) < 4.78 is 23.7. The van der Waals surface area contributed by atoms with Gasteiger partial charge in [0.2, 0.25) is 0 Å². The van der Waals surface area contributed by atoms with Gasteiger partial charge in [0.1, 0.15) is 11.4 Å². The molecule has 2 saturated heterocycles. The van der Waals surface area contributed by atoms with Gasteiger partial charge < -0.3 is 29.2 Å². The number of nitrogens with zero attached hydrogens (tertiary/aromatic N) is 1. The molecule has 2 amide bonds. The first kappa shape index (κ1) is 22.9. The summed E-state index contributed by atoms with van der Waals surface area (Å²) in [4.78, 5) is 27.4. The molecule has 1 aromatic carbocycles. The Morgan fingerprint density at radius 3 is 2.69 bits per heavy atom. The van der Waals surface area contributed by atoms with Crippen molar-refractivity contribution in [1.82, 2.24) is 10.2 Å². The fraction of sp³-hybridized carbons (Fsp3) is 0.667. The van der Waals surface area contributed by atoms with Gasteiger partial charge in [-0.2, -0.15) is 0 Å². The molecule has 5 rings (SSSR count). The molecule has 0 saturated carbocycles. The Balaban J connectivity index is 1.54. The molecule has 0 spiro atoms. The summed E-state index contributed by atoms with van der Waals surface area (Å²) in [5.41, 5.74) is 0.379. The van der Waals surface area contributed by atoms with Gasteiger partial charge in [-0.05, 0) is 52.5 Å². The van der Waals surface area contributed by atoms with Gasteiger partial charge in [-0.25, -0.2) is 4.79 Å².